The van der Waals surface area contributed by atoms with Crippen molar-refractivity contribution in [3.8, 4) is 6.07 Å². The minimum absolute atomic E-state index is 0.324. The molecule has 2 aliphatic heterocycles. The van der Waals surface area contributed by atoms with Crippen LogP contribution in [0.25, 0.3) is 6.08 Å². The van der Waals surface area contributed by atoms with E-state index in [0.717, 1.165) is 46.8 Å². The Morgan fingerprint density at radius 3 is 3.03 bits per heavy atom. The molecule has 6 nitrogen and oxygen atoms in total. The van der Waals surface area contributed by atoms with Crippen LogP contribution in [-0.4, -0.2) is 30.4 Å². The molecule has 0 N–H and O–H groups in total. The summed E-state index contributed by atoms with van der Waals surface area (Å²) >= 11 is 1.48. The average Bonchev–Trinajstić information content (AvgIpc) is 3.05. The van der Waals surface area contributed by atoms with E-state index in [9.17, 15) is 5.26 Å². The third-order valence-corrected chi connectivity index (χ3v) is 6.55. The molecule has 4 rings (SSSR count). The minimum atomic E-state index is -0.534. The van der Waals surface area contributed by atoms with E-state index < -0.39 is 5.92 Å². The number of hydrogen-bond acceptors (Lipinski definition) is 7. The summed E-state index contributed by atoms with van der Waals surface area (Å²) in [5.74, 6) is 0.264. The second-order valence-corrected chi connectivity index (χ2v) is 8.46. The van der Waals surface area contributed by atoms with Crippen LogP contribution in [0.3, 0.4) is 0 Å². The second kappa shape index (κ2) is 9.27. The molecule has 0 saturated carbocycles. The molecule has 1 aromatic heterocycles. The molecule has 3 aliphatic rings. The first kappa shape index (κ1) is 19.7. The first-order valence-corrected chi connectivity index (χ1v) is 11.1. The van der Waals surface area contributed by atoms with Gasteiger partial charge in [-0.25, -0.2) is 9.98 Å². The van der Waals surface area contributed by atoms with Crippen LogP contribution >= 0.6 is 11.3 Å². The van der Waals surface area contributed by atoms with Crippen LogP contribution in [0, 0.1) is 17.2 Å². The van der Waals surface area contributed by atoms with Crippen molar-refractivity contribution < 1.29 is 4.74 Å². The van der Waals surface area contributed by atoms with Gasteiger partial charge in [0.25, 0.3) is 0 Å². The van der Waals surface area contributed by atoms with E-state index in [1.54, 1.807) is 6.21 Å². The van der Waals surface area contributed by atoms with E-state index in [-0.39, 0.29) is 0 Å². The SMILES string of the molecule is CCC1CC=C(COC2=NC(C(C#N)c3nc4c(s3)=NCCC=4)=CCC=N2)CC1. The standard InChI is InChI=1S/C22H25N5OS/c1-2-15-7-9-16(10-8-15)14-28-22-25-12-3-5-18(27-22)17(13-23)20-26-19-6-4-11-24-21(19)29-20/h5-6,9,12,15,17H,2-4,7-8,10-11,14H2,1H3. The Balaban J connectivity index is 1.50. The van der Waals surface area contributed by atoms with Gasteiger partial charge in [-0.05, 0) is 37.2 Å². The summed E-state index contributed by atoms with van der Waals surface area (Å²) in [5.41, 5.74) is 1.96. The Morgan fingerprint density at radius 2 is 2.28 bits per heavy atom. The van der Waals surface area contributed by atoms with Crippen LogP contribution in [0.2, 0.25) is 0 Å². The number of ether oxygens (including phenoxy) is 1. The van der Waals surface area contributed by atoms with Crippen LogP contribution in [-0.2, 0) is 4.74 Å². The Hall–Kier alpha value is -2.59. The van der Waals surface area contributed by atoms with Crippen LogP contribution in [0.4, 0.5) is 0 Å². The van der Waals surface area contributed by atoms with E-state index in [1.165, 1.54) is 29.8 Å². The Kier molecular flexibility index (Phi) is 6.30. The molecule has 0 spiro atoms. The monoisotopic (exact) mass is 407 g/mol. The van der Waals surface area contributed by atoms with Gasteiger partial charge in [0.05, 0.1) is 17.1 Å². The highest BCUT2D eigenvalue weighted by Gasteiger charge is 2.22. The lowest BCUT2D eigenvalue weighted by Crippen LogP contribution is -2.24. The maximum atomic E-state index is 9.83. The molecule has 150 valence electrons. The second-order valence-electron chi connectivity index (χ2n) is 7.45. The van der Waals surface area contributed by atoms with Gasteiger partial charge >= 0.3 is 6.02 Å². The van der Waals surface area contributed by atoms with Crippen molar-refractivity contribution in [2.24, 2.45) is 20.9 Å². The van der Waals surface area contributed by atoms with Crippen molar-refractivity contribution in [2.45, 2.75) is 51.4 Å². The van der Waals surface area contributed by atoms with E-state index >= 15 is 0 Å². The van der Waals surface area contributed by atoms with Crippen molar-refractivity contribution in [3.05, 3.63) is 38.4 Å². The molecule has 29 heavy (non-hydrogen) atoms. The smallest absolute Gasteiger partial charge is 0.316 e. The van der Waals surface area contributed by atoms with Crippen molar-refractivity contribution in [1.82, 2.24) is 4.98 Å². The lowest BCUT2D eigenvalue weighted by molar-refractivity contribution is 0.318. The number of nitrogens with zero attached hydrogens (tertiary/aromatic N) is 5. The minimum Gasteiger partial charge on any atom is -0.459 e. The first-order valence-electron chi connectivity index (χ1n) is 10.3. The number of amidine groups is 1. The zero-order valence-electron chi connectivity index (χ0n) is 16.7. The van der Waals surface area contributed by atoms with Gasteiger partial charge in [-0.15, -0.1) is 0 Å². The molecule has 2 unspecified atom stereocenters. The molecule has 2 atom stereocenters. The molecule has 0 saturated heterocycles. The van der Waals surface area contributed by atoms with E-state index in [2.05, 4.69) is 45.1 Å². The van der Waals surface area contributed by atoms with Crippen molar-refractivity contribution in [3.63, 3.8) is 0 Å². The Labute approximate surface area is 174 Å². The summed E-state index contributed by atoms with van der Waals surface area (Å²) in [7, 11) is 0. The van der Waals surface area contributed by atoms with Crippen LogP contribution < -0.4 is 10.0 Å². The molecule has 0 aromatic carbocycles. The van der Waals surface area contributed by atoms with Crippen LogP contribution in [0.15, 0.2) is 38.4 Å². The number of fused-ring (bicyclic) bond motifs is 1. The highest BCUT2D eigenvalue weighted by Crippen LogP contribution is 2.28. The predicted molar refractivity (Wildman–Crippen MR) is 115 cm³/mol. The third kappa shape index (κ3) is 4.70. The summed E-state index contributed by atoms with van der Waals surface area (Å²) < 4.78 is 6.81. The maximum absolute atomic E-state index is 9.83. The number of nitriles is 1. The van der Waals surface area contributed by atoms with Gasteiger partial charge in [0, 0.05) is 19.2 Å². The highest BCUT2D eigenvalue weighted by atomic mass is 32.1. The van der Waals surface area contributed by atoms with Gasteiger partial charge in [-0.3, -0.25) is 4.99 Å². The molecule has 1 aromatic rings. The predicted octanol–water partition coefficient (Wildman–Crippen LogP) is 3.42. The first-order chi connectivity index (χ1) is 14.3. The van der Waals surface area contributed by atoms with Crippen molar-refractivity contribution in [1.29, 1.82) is 5.26 Å². The highest BCUT2D eigenvalue weighted by molar-refractivity contribution is 7.09. The lowest BCUT2D eigenvalue weighted by atomic mass is 9.88. The maximum Gasteiger partial charge on any atom is 0.316 e. The quantitative estimate of drug-likeness (QED) is 0.701. The topological polar surface area (TPSA) is 83.0 Å². The fourth-order valence-corrected chi connectivity index (χ4v) is 4.69. The number of allylic oxidation sites excluding steroid dienone is 3. The summed E-state index contributed by atoms with van der Waals surface area (Å²) in [4.78, 5) is 18.1. The van der Waals surface area contributed by atoms with Gasteiger partial charge in [-0.2, -0.15) is 10.3 Å². The Bertz CT molecular complexity index is 1010. The van der Waals surface area contributed by atoms with E-state index in [0.29, 0.717) is 24.7 Å². The van der Waals surface area contributed by atoms with Crippen LogP contribution in [0.1, 0.15) is 56.4 Å². The molecule has 0 amide bonds. The van der Waals surface area contributed by atoms with Crippen LogP contribution in [0.5, 0.6) is 0 Å². The van der Waals surface area contributed by atoms with Crippen molar-refractivity contribution in [2.75, 3.05) is 13.2 Å². The largest absolute Gasteiger partial charge is 0.459 e. The van der Waals surface area contributed by atoms with Gasteiger partial charge in [0.2, 0.25) is 0 Å². The number of aliphatic imine (C=N–C) groups is 2. The molecule has 0 bridgehead atoms. The molecule has 3 heterocycles. The molecule has 7 heteroatoms. The summed E-state index contributed by atoms with van der Waals surface area (Å²) in [5, 5.41) is 11.4. The van der Waals surface area contributed by atoms with E-state index in [1.807, 2.05) is 6.08 Å². The third-order valence-electron chi connectivity index (χ3n) is 5.48. The van der Waals surface area contributed by atoms with Gasteiger partial charge in [0.15, 0.2) is 0 Å². The fraction of sp³-hybridized carbons (Fsp3) is 0.500. The van der Waals surface area contributed by atoms with Gasteiger partial charge in [-0.1, -0.05) is 42.9 Å². The lowest BCUT2D eigenvalue weighted by Gasteiger charge is -2.20. The molecular formula is C22H25N5OS. The zero-order chi connectivity index (χ0) is 20.1. The summed E-state index contributed by atoms with van der Waals surface area (Å²) in [6, 6.07) is 2.68. The molecule has 0 fully saturated rings. The zero-order valence-corrected chi connectivity index (χ0v) is 17.5. The fourth-order valence-electron chi connectivity index (χ4n) is 3.67. The van der Waals surface area contributed by atoms with Crippen molar-refractivity contribution >= 4 is 29.6 Å². The van der Waals surface area contributed by atoms with E-state index in [4.69, 9.17) is 4.74 Å². The summed E-state index contributed by atoms with van der Waals surface area (Å²) in [6.45, 7) is 3.54. The number of thiazole rings is 1. The van der Waals surface area contributed by atoms with Gasteiger partial charge in [0.1, 0.15) is 22.2 Å². The molecule has 0 radical (unpaired) electrons. The summed E-state index contributed by atoms with van der Waals surface area (Å²) in [6.07, 6.45) is 14.3. The molecular weight excluding hydrogens is 382 g/mol. The normalized spacial score (nSPS) is 21.9. The number of aromatic nitrogens is 1. The Morgan fingerprint density at radius 1 is 1.34 bits per heavy atom. The molecule has 1 aliphatic carbocycles. The number of hydrogen-bond donors (Lipinski definition) is 0. The average molecular weight is 408 g/mol. The van der Waals surface area contributed by atoms with Gasteiger partial charge < -0.3 is 4.74 Å². The number of rotatable bonds is 5.